The van der Waals surface area contributed by atoms with Crippen LogP contribution in [0.2, 0.25) is 0 Å². The van der Waals surface area contributed by atoms with Gasteiger partial charge in [0.25, 0.3) is 0 Å². The maximum atomic E-state index is 0. The van der Waals surface area contributed by atoms with E-state index in [0.29, 0.717) is 0 Å². The van der Waals surface area contributed by atoms with E-state index in [1.807, 2.05) is 0 Å². The first-order valence-electron chi connectivity index (χ1n) is 0. The van der Waals surface area contributed by atoms with Crippen molar-refractivity contribution in [2.75, 3.05) is 0 Å². The van der Waals surface area contributed by atoms with Gasteiger partial charge in [-0.15, -0.1) is 0 Å². The number of hydrogen-bond donors (Lipinski definition) is 0. The molecule has 4 heavy (non-hydrogen) atoms. The minimum Gasteiger partial charge on any atom is 0 e. The summed E-state index contributed by atoms with van der Waals surface area (Å²) in [5, 5.41) is 0. The average Bonchev–Trinajstić information content (AvgIpc) is 0. The van der Waals surface area contributed by atoms with Crippen LogP contribution in [0.25, 0.3) is 0 Å². The summed E-state index contributed by atoms with van der Waals surface area (Å²) in [5.74, 6) is 0. The average molecular weight is 387 g/mol. The molecule has 0 saturated heterocycles. The fraction of sp³-hybridized carbons (Fsp3) is 0. The molecule has 0 aromatic heterocycles. The Morgan fingerprint density at radius 3 is 1.00 bits per heavy atom. The van der Waals surface area contributed by atoms with Gasteiger partial charge in [-0.05, 0) is 0 Å². The summed E-state index contributed by atoms with van der Waals surface area (Å²) in [4.78, 5) is 0. The van der Waals surface area contributed by atoms with Gasteiger partial charge < -0.3 is 0 Å². The Hall–Kier alpha value is 2.48. The van der Waals surface area contributed by atoms with Gasteiger partial charge in [-0.25, -0.2) is 0 Å². The second kappa shape index (κ2) is 17.9. The monoisotopic (exact) mass is 389 g/mol. The third kappa shape index (κ3) is 8.82. The summed E-state index contributed by atoms with van der Waals surface area (Å²) >= 11 is 0. The smallest absolute Gasteiger partial charge is 0 e. The normalized spacial score (nSPS) is 0. The molecule has 0 fully saturated rings. The van der Waals surface area contributed by atoms with Crippen molar-refractivity contribution in [3.8, 4) is 0 Å². The second-order valence-corrected chi connectivity index (χ2v) is 0. The van der Waals surface area contributed by atoms with Crippen LogP contribution < -0.4 is 0 Å². The molecule has 0 atom stereocenters. The molecule has 4 heteroatoms. The summed E-state index contributed by atoms with van der Waals surface area (Å²) in [6.07, 6.45) is 0. The van der Waals surface area contributed by atoms with Crippen molar-refractivity contribution in [1.82, 2.24) is 0 Å². The van der Waals surface area contributed by atoms with Crippen molar-refractivity contribution in [2.45, 2.75) is 0 Å². The zero-order valence-corrected chi connectivity index (χ0v) is 9.06. The van der Waals surface area contributed by atoms with E-state index in [1.54, 1.807) is 0 Å². The quantitative estimate of drug-likeness (QED) is 0.514. The molecule has 0 aliphatic heterocycles. The topological polar surface area (TPSA) is 0 Å². The molecule has 0 aliphatic rings. The third-order valence-corrected chi connectivity index (χ3v) is 0. The molecule has 0 saturated carbocycles. The summed E-state index contributed by atoms with van der Waals surface area (Å²) in [5.41, 5.74) is 0. The van der Waals surface area contributed by atoms with E-state index in [9.17, 15) is 0 Å². The van der Waals surface area contributed by atoms with Gasteiger partial charge in [0.05, 0.1) is 0 Å². The summed E-state index contributed by atoms with van der Waals surface area (Å²) in [6, 6.07) is 0. The second-order valence-electron chi connectivity index (χ2n) is 0. The van der Waals surface area contributed by atoms with Crippen molar-refractivity contribution in [3.05, 3.63) is 0 Å². The van der Waals surface area contributed by atoms with Gasteiger partial charge in [-0.3, -0.25) is 0 Å². The Kier molecular flexibility index (Phi) is 141. The van der Waals surface area contributed by atoms with Crippen molar-refractivity contribution in [2.24, 2.45) is 0 Å². The van der Waals surface area contributed by atoms with E-state index in [4.69, 9.17) is 0 Å². The molecule has 0 spiro atoms. The maximum Gasteiger partial charge on any atom is 0 e. The van der Waals surface area contributed by atoms with Crippen molar-refractivity contribution >= 4 is 0 Å². The standard InChI is InChI=1S/Fe.Mo.V.W. The van der Waals surface area contributed by atoms with Crippen LogP contribution >= 0.6 is 0 Å². The first kappa shape index (κ1) is 31.6. The van der Waals surface area contributed by atoms with Gasteiger partial charge in [0, 0.05) is 77.8 Å². The SMILES string of the molecule is [Fe].[Mo].[V].[W]. The first-order valence-corrected chi connectivity index (χ1v) is 0. The first-order chi connectivity index (χ1) is 0. The zero-order chi connectivity index (χ0) is 0. The maximum absolute atomic E-state index is 0. The molecule has 0 heterocycles. The van der Waals surface area contributed by atoms with E-state index < -0.39 is 0 Å². The molecule has 0 bridgehead atoms. The Morgan fingerprint density at radius 1 is 1.00 bits per heavy atom. The molecule has 0 aliphatic carbocycles. The van der Waals surface area contributed by atoms with Gasteiger partial charge in [0.1, 0.15) is 0 Å². The largest absolute Gasteiger partial charge is 0 e. The summed E-state index contributed by atoms with van der Waals surface area (Å²) in [6.45, 7) is 0. The molecular weight excluding hydrogens is 387 g/mol. The predicted molar refractivity (Wildman–Crippen MR) is 0 cm³/mol. The molecule has 0 aromatic rings. The van der Waals surface area contributed by atoms with Crippen LogP contribution in [0.5, 0.6) is 0 Å². The van der Waals surface area contributed by atoms with Crippen LogP contribution in [-0.2, 0) is 77.8 Å². The van der Waals surface area contributed by atoms with E-state index in [1.165, 1.54) is 0 Å². The molecule has 0 aromatic carbocycles. The predicted octanol–water partition coefficient (Wildman–Crippen LogP) is -0.0100. The van der Waals surface area contributed by atoms with E-state index in [2.05, 4.69) is 0 Å². The van der Waals surface area contributed by atoms with Crippen molar-refractivity contribution in [1.29, 1.82) is 0 Å². The van der Waals surface area contributed by atoms with E-state index in [0.717, 1.165) is 0 Å². The van der Waals surface area contributed by atoms with Gasteiger partial charge in [0.2, 0.25) is 0 Å². The summed E-state index contributed by atoms with van der Waals surface area (Å²) in [7, 11) is 0. The van der Waals surface area contributed by atoms with Gasteiger partial charge in [0.15, 0.2) is 0 Å². The summed E-state index contributed by atoms with van der Waals surface area (Å²) < 4.78 is 0. The molecule has 0 nitrogen and oxygen atoms in total. The fourth-order valence-corrected chi connectivity index (χ4v) is 0. The van der Waals surface area contributed by atoms with Gasteiger partial charge in [-0.2, -0.15) is 0 Å². The fourth-order valence-electron chi connectivity index (χ4n) is 0. The molecule has 1 radical (unpaired) electrons. The van der Waals surface area contributed by atoms with Crippen LogP contribution in [0.3, 0.4) is 0 Å². The van der Waals surface area contributed by atoms with Crippen LogP contribution in [0.1, 0.15) is 0 Å². The number of rotatable bonds is 0. The van der Waals surface area contributed by atoms with Crippen LogP contribution in [-0.4, -0.2) is 0 Å². The van der Waals surface area contributed by atoms with E-state index in [-0.39, 0.29) is 77.8 Å². The third-order valence-electron chi connectivity index (χ3n) is 0. The molecule has 0 rings (SSSR count). The van der Waals surface area contributed by atoms with Gasteiger partial charge in [-0.1, -0.05) is 0 Å². The minimum atomic E-state index is 0. The minimum absolute atomic E-state index is 0. The van der Waals surface area contributed by atoms with Crippen LogP contribution in [0.15, 0.2) is 0 Å². The Balaban J connectivity index is 0. The Morgan fingerprint density at radius 2 is 1.00 bits per heavy atom. The molecule has 25 valence electrons. The number of hydrogen-bond acceptors (Lipinski definition) is 0. The Labute approximate surface area is 76.7 Å². The zero-order valence-electron chi connectivity index (χ0n) is 1.62. The molecular formula is FeMoVW. The van der Waals surface area contributed by atoms with Crippen molar-refractivity contribution in [3.63, 3.8) is 0 Å². The van der Waals surface area contributed by atoms with Crippen LogP contribution in [0, 0.1) is 0 Å². The Bertz CT molecular complexity index is 8.00. The van der Waals surface area contributed by atoms with Crippen molar-refractivity contribution < 1.29 is 77.8 Å². The molecule has 0 N–H and O–H groups in total. The molecule has 0 unspecified atom stereocenters. The molecule has 0 amide bonds. The van der Waals surface area contributed by atoms with Gasteiger partial charge >= 0.3 is 0 Å². The van der Waals surface area contributed by atoms with E-state index >= 15 is 0 Å². The van der Waals surface area contributed by atoms with Crippen LogP contribution in [0.4, 0.5) is 0 Å².